The van der Waals surface area contributed by atoms with Crippen molar-refractivity contribution in [2.45, 2.75) is 19.2 Å². The quantitative estimate of drug-likeness (QED) is 0.822. The average molecular weight is 305 g/mol. The van der Waals surface area contributed by atoms with Gasteiger partial charge in [-0.15, -0.1) is 0 Å². The number of benzene rings is 1. The van der Waals surface area contributed by atoms with Crippen molar-refractivity contribution in [2.24, 2.45) is 0 Å². The molecule has 0 aliphatic rings. The molecule has 1 aromatic carbocycles. The highest BCUT2D eigenvalue weighted by Gasteiger charge is 2.08. The number of thioether (sulfide) groups is 1. The van der Waals surface area contributed by atoms with Crippen LogP contribution in [0.4, 0.5) is 5.69 Å². The van der Waals surface area contributed by atoms with E-state index < -0.39 is 0 Å². The first-order chi connectivity index (χ1) is 10.1. The van der Waals surface area contributed by atoms with Crippen molar-refractivity contribution in [3.63, 3.8) is 0 Å². The molecular weight excluding hydrogens is 286 g/mol. The molecule has 0 radical (unpaired) electrons. The van der Waals surface area contributed by atoms with Gasteiger partial charge >= 0.3 is 5.97 Å². The van der Waals surface area contributed by atoms with Crippen LogP contribution in [0.2, 0.25) is 0 Å². The zero-order chi connectivity index (χ0) is 15.2. The number of nitrogens with one attached hydrogen (secondary N) is 1. The third-order valence-electron chi connectivity index (χ3n) is 3.10. The Hall–Kier alpha value is -1.88. The minimum atomic E-state index is -0.322. The van der Waals surface area contributed by atoms with Crippen molar-refractivity contribution in [3.8, 4) is 0 Å². The second kappa shape index (κ2) is 7.22. The van der Waals surface area contributed by atoms with E-state index in [2.05, 4.69) is 5.32 Å². The number of hydrogen-bond acceptors (Lipinski definition) is 5. The predicted molar refractivity (Wildman–Crippen MR) is 85.8 cm³/mol. The molecule has 2 rings (SSSR count). The Kier molecular flexibility index (Phi) is 5.33. The number of furan rings is 1. The number of ether oxygens (including phenoxy) is 1. The van der Waals surface area contributed by atoms with Crippen LogP contribution in [-0.4, -0.2) is 19.3 Å². The Morgan fingerprint density at radius 2 is 2.05 bits per heavy atom. The van der Waals surface area contributed by atoms with Crippen LogP contribution in [-0.2, 0) is 17.0 Å². The molecule has 21 heavy (non-hydrogen) atoms. The van der Waals surface area contributed by atoms with Crippen LogP contribution in [0.15, 0.2) is 34.7 Å². The summed E-state index contributed by atoms with van der Waals surface area (Å²) in [6.07, 6.45) is 2.05. The largest absolute Gasteiger partial charge is 0.465 e. The smallest absolute Gasteiger partial charge is 0.337 e. The molecule has 1 N–H and O–H groups in total. The fraction of sp³-hybridized carbons (Fsp3) is 0.312. The highest BCUT2D eigenvalue weighted by molar-refractivity contribution is 7.97. The molecule has 0 fully saturated rings. The molecule has 1 aromatic heterocycles. The van der Waals surface area contributed by atoms with Gasteiger partial charge in [-0.05, 0) is 49.1 Å². The Labute approximate surface area is 128 Å². The number of rotatable bonds is 6. The van der Waals surface area contributed by atoms with Gasteiger partial charge < -0.3 is 14.5 Å². The van der Waals surface area contributed by atoms with E-state index in [-0.39, 0.29) is 5.97 Å². The third-order valence-corrected chi connectivity index (χ3v) is 3.68. The van der Waals surface area contributed by atoms with Gasteiger partial charge in [0.05, 0.1) is 25.0 Å². The maximum atomic E-state index is 11.5. The predicted octanol–water partition coefficient (Wildman–Crippen LogP) is 3.85. The zero-order valence-corrected chi connectivity index (χ0v) is 13.3. The average Bonchev–Trinajstić information content (AvgIpc) is 2.93. The second-order valence-corrected chi connectivity index (χ2v) is 5.54. The van der Waals surface area contributed by atoms with Crippen LogP contribution in [0.5, 0.6) is 0 Å². The number of aryl methyl sites for hydroxylation is 1. The SMILES string of the molecule is COC(=O)c1ccc(NCc2ccc(CSC)o2)c(C)c1. The van der Waals surface area contributed by atoms with Crippen LogP contribution in [0, 0.1) is 6.92 Å². The Bertz CT molecular complexity index is 622. The summed E-state index contributed by atoms with van der Waals surface area (Å²) in [6, 6.07) is 9.43. The molecule has 0 amide bonds. The van der Waals surface area contributed by atoms with Gasteiger partial charge in [-0.25, -0.2) is 4.79 Å². The normalized spacial score (nSPS) is 10.4. The molecule has 1 heterocycles. The van der Waals surface area contributed by atoms with E-state index in [0.717, 1.165) is 28.5 Å². The molecule has 5 heteroatoms. The van der Waals surface area contributed by atoms with E-state index in [9.17, 15) is 4.79 Å². The molecule has 4 nitrogen and oxygen atoms in total. The van der Waals surface area contributed by atoms with E-state index in [1.807, 2.05) is 37.4 Å². The van der Waals surface area contributed by atoms with Crippen molar-refractivity contribution < 1.29 is 13.9 Å². The molecule has 0 spiro atoms. The first-order valence-corrected chi connectivity index (χ1v) is 8.02. The number of carbonyl (C=O) groups excluding carboxylic acids is 1. The maximum absolute atomic E-state index is 11.5. The lowest BCUT2D eigenvalue weighted by molar-refractivity contribution is 0.0600. The summed E-state index contributed by atoms with van der Waals surface area (Å²) in [7, 11) is 1.38. The van der Waals surface area contributed by atoms with Crippen molar-refractivity contribution >= 4 is 23.4 Å². The number of carbonyl (C=O) groups is 1. The summed E-state index contributed by atoms with van der Waals surface area (Å²) >= 11 is 1.73. The van der Waals surface area contributed by atoms with E-state index in [1.165, 1.54) is 7.11 Å². The summed E-state index contributed by atoms with van der Waals surface area (Å²) < 4.78 is 10.4. The molecule has 0 aliphatic carbocycles. The lowest BCUT2D eigenvalue weighted by atomic mass is 10.1. The summed E-state index contributed by atoms with van der Waals surface area (Å²) in [5.41, 5.74) is 2.53. The van der Waals surface area contributed by atoms with Crippen molar-refractivity contribution in [3.05, 3.63) is 53.0 Å². The van der Waals surface area contributed by atoms with Crippen LogP contribution < -0.4 is 5.32 Å². The lowest BCUT2D eigenvalue weighted by Crippen LogP contribution is -2.04. The Balaban J connectivity index is 2.00. The van der Waals surface area contributed by atoms with Crippen LogP contribution in [0.25, 0.3) is 0 Å². The van der Waals surface area contributed by atoms with Gasteiger partial charge in [0.2, 0.25) is 0 Å². The van der Waals surface area contributed by atoms with E-state index >= 15 is 0 Å². The van der Waals surface area contributed by atoms with Gasteiger partial charge in [-0.2, -0.15) is 11.8 Å². The maximum Gasteiger partial charge on any atom is 0.337 e. The van der Waals surface area contributed by atoms with Gasteiger partial charge in [0.25, 0.3) is 0 Å². The fourth-order valence-electron chi connectivity index (χ4n) is 2.03. The van der Waals surface area contributed by atoms with Gasteiger partial charge in [0.1, 0.15) is 11.5 Å². The molecule has 0 saturated carbocycles. The fourth-order valence-corrected chi connectivity index (χ4v) is 2.47. The third kappa shape index (κ3) is 4.04. The summed E-state index contributed by atoms with van der Waals surface area (Å²) in [5.74, 6) is 2.44. The Morgan fingerprint density at radius 3 is 2.71 bits per heavy atom. The highest BCUT2D eigenvalue weighted by atomic mass is 32.2. The first-order valence-electron chi connectivity index (χ1n) is 6.63. The van der Waals surface area contributed by atoms with Crippen molar-refractivity contribution in [1.82, 2.24) is 0 Å². The van der Waals surface area contributed by atoms with E-state index in [0.29, 0.717) is 12.1 Å². The minimum absolute atomic E-state index is 0.322. The van der Waals surface area contributed by atoms with Gasteiger partial charge in [0.15, 0.2) is 0 Å². The Morgan fingerprint density at radius 1 is 1.29 bits per heavy atom. The number of hydrogen-bond donors (Lipinski definition) is 1. The molecule has 0 unspecified atom stereocenters. The topological polar surface area (TPSA) is 51.5 Å². The first kappa shape index (κ1) is 15.5. The van der Waals surface area contributed by atoms with Crippen molar-refractivity contribution in [1.29, 1.82) is 0 Å². The van der Waals surface area contributed by atoms with Gasteiger partial charge in [0, 0.05) is 5.69 Å². The minimum Gasteiger partial charge on any atom is -0.465 e. The summed E-state index contributed by atoms with van der Waals surface area (Å²) in [4.78, 5) is 11.5. The lowest BCUT2D eigenvalue weighted by Gasteiger charge is -2.09. The highest BCUT2D eigenvalue weighted by Crippen LogP contribution is 2.19. The van der Waals surface area contributed by atoms with Gasteiger partial charge in [-0.1, -0.05) is 0 Å². The van der Waals surface area contributed by atoms with E-state index in [4.69, 9.17) is 9.15 Å². The molecular formula is C16H19NO3S. The van der Waals surface area contributed by atoms with Crippen LogP contribution in [0.3, 0.4) is 0 Å². The molecule has 0 atom stereocenters. The zero-order valence-electron chi connectivity index (χ0n) is 12.4. The van der Waals surface area contributed by atoms with Gasteiger partial charge in [-0.3, -0.25) is 0 Å². The van der Waals surface area contributed by atoms with E-state index in [1.54, 1.807) is 17.8 Å². The monoisotopic (exact) mass is 305 g/mol. The molecule has 0 aliphatic heterocycles. The van der Waals surface area contributed by atoms with Crippen molar-refractivity contribution in [2.75, 3.05) is 18.7 Å². The molecule has 0 bridgehead atoms. The summed E-state index contributed by atoms with van der Waals surface area (Å²) in [6.45, 7) is 2.57. The number of methoxy groups -OCH3 is 1. The van der Waals surface area contributed by atoms with Crippen LogP contribution in [0.1, 0.15) is 27.4 Å². The van der Waals surface area contributed by atoms with Crippen LogP contribution >= 0.6 is 11.8 Å². The molecule has 112 valence electrons. The summed E-state index contributed by atoms with van der Waals surface area (Å²) in [5, 5.41) is 3.32. The molecule has 2 aromatic rings. The molecule has 0 saturated heterocycles. The standard InChI is InChI=1S/C16H19NO3S/c1-11-8-12(16(18)19-2)4-7-15(11)17-9-13-5-6-14(20-13)10-21-3/h4-8,17H,9-10H2,1-3H3. The number of anilines is 1. The number of esters is 1. The second-order valence-electron chi connectivity index (χ2n) is 4.68.